The van der Waals surface area contributed by atoms with Gasteiger partial charge in [0.1, 0.15) is 13.2 Å². The maximum Gasteiger partial charge on any atom is 0.166 e. The van der Waals surface area contributed by atoms with Crippen molar-refractivity contribution in [2.75, 3.05) is 20.3 Å². The van der Waals surface area contributed by atoms with Gasteiger partial charge in [0.15, 0.2) is 11.5 Å². The molecule has 2 rings (SSSR count). The minimum Gasteiger partial charge on any atom is -0.486 e. The van der Waals surface area contributed by atoms with E-state index in [1.807, 2.05) is 18.2 Å². The first kappa shape index (κ1) is 8.38. The van der Waals surface area contributed by atoms with E-state index in [2.05, 4.69) is 0 Å². The SMILES string of the molecule is COCc1cccc2c1OCCO2. The highest BCUT2D eigenvalue weighted by Gasteiger charge is 2.14. The summed E-state index contributed by atoms with van der Waals surface area (Å²) in [6.45, 7) is 1.81. The summed E-state index contributed by atoms with van der Waals surface area (Å²) >= 11 is 0. The second kappa shape index (κ2) is 3.66. The van der Waals surface area contributed by atoms with E-state index >= 15 is 0 Å². The summed E-state index contributed by atoms with van der Waals surface area (Å²) in [5, 5.41) is 0. The fraction of sp³-hybridized carbons (Fsp3) is 0.400. The van der Waals surface area contributed by atoms with Crippen molar-refractivity contribution in [1.82, 2.24) is 0 Å². The molecule has 0 atom stereocenters. The standard InChI is InChI=1S/C10H12O3/c1-11-7-8-3-2-4-9-10(8)13-6-5-12-9/h2-4H,5-7H2,1H3. The van der Waals surface area contributed by atoms with E-state index in [-0.39, 0.29) is 0 Å². The summed E-state index contributed by atoms with van der Waals surface area (Å²) in [4.78, 5) is 0. The van der Waals surface area contributed by atoms with Crippen molar-refractivity contribution in [3.63, 3.8) is 0 Å². The molecule has 0 unspecified atom stereocenters. The number of rotatable bonds is 2. The van der Waals surface area contributed by atoms with Crippen molar-refractivity contribution in [2.24, 2.45) is 0 Å². The Kier molecular flexibility index (Phi) is 2.36. The molecule has 0 saturated heterocycles. The fourth-order valence-corrected chi connectivity index (χ4v) is 1.40. The number of hydrogen-bond acceptors (Lipinski definition) is 3. The zero-order chi connectivity index (χ0) is 9.10. The Hall–Kier alpha value is -1.22. The molecule has 13 heavy (non-hydrogen) atoms. The lowest BCUT2D eigenvalue weighted by Crippen LogP contribution is -2.16. The highest BCUT2D eigenvalue weighted by molar-refractivity contribution is 5.47. The van der Waals surface area contributed by atoms with Crippen LogP contribution in [-0.2, 0) is 11.3 Å². The lowest BCUT2D eigenvalue weighted by molar-refractivity contribution is 0.153. The van der Waals surface area contributed by atoms with E-state index in [9.17, 15) is 0 Å². The smallest absolute Gasteiger partial charge is 0.166 e. The topological polar surface area (TPSA) is 27.7 Å². The molecule has 70 valence electrons. The summed E-state index contributed by atoms with van der Waals surface area (Å²) in [5.74, 6) is 1.65. The van der Waals surface area contributed by atoms with E-state index in [1.54, 1.807) is 7.11 Å². The average Bonchev–Trinajstić information content (AvgIpc) is 2.19. The summed E-state index contributed by atoms with van der Waals surface area (Å²) in [5.41, 5.74) is 1.04. The van der Waals surface area contributed by atoms with Gasteiger partial charge in [-0.15, -0.1) is 0 Å². The number of benzene rings is 1. The van der Waals surface area contributed by atoms with E-state index in [0.29, 0.717) is 19.8 Å². The highest BCUT2D eigenvalue weighted by Crippen LogP contribution is 2.33. The highest BCUT2D eigenvalue weighted by atomic mass is 16.6. The number of fused-ring (bicyclic) bond motifs is 1. The molecule has 0 saturated carbocycles. The van der Waals surface area contributed by atoms with Crippen LogP contribution in [0.15, 0.2) is 18.2 Å². The van der Waals surface area contributed by atoms with Crippen LogP contribution in [-0.4, -0.2) is 20.3 Å². The van der Waals surface area contributed by atoms with Gasteiger partial charge in [-0.3, -0.25) is 0 Å². The monoisotopic (exact) mass is 180 g/mol. The maximum absolute atomic E-state index is 5.50. The Morgan fingerprint density at radius 3 is 3.00 bits per heavy atom. The molecule has 0 N–H and O–H groups in total. The normalized spacial score (nSPS) is 14.2. The number of para-hydroxylation sites is 1. The molecule has 0 aliphatic carbocycles. The van der Waals surface area contributed by atoms with Gasteiger partial charge < -0.3 is 14.2 Å². The number of methoxy groups -OCH3 is 1. The third-order valence-electron chi connectivity index (χ3n) is 1.95. The van der Waals surface area contributed by atoms with Crippen molar-refractivity contribution in [3.05, 3.63) is 23.8 Å². The molecule has 1 aliphatic rings. The Bertz CT molecular complexity index is 296. The molecule has 0 amide bonds. The predicted molar refractivity (Wildman–Crippen MR) is 48.1 cm³/mol. The van der Waals surface area contributed by atoms with Gasteiger partial charge in [-0.1, -0.05) is 12.1 Å². The lowest BCUT2D eigenvalue weighted by atomic mass is 10.2. The van der Waals surface area contributed by atoms with Crippen molar-refractivity contribution < 1.29 is 14.2 Å². The minimum atomic E-state index is 0.562. The van der Waals surface area contributed by atoms with Crippen LogP contribution < -0.4 is 9.47 Å². The molecular formula is C10H12O3. The Labute approximate surface area is 77.2 Å². The molecule has 0 aromatic heterocycles. The first-order valence-corrected chi connectivity index (χ1v) is 4.28. The zero-order valence-corrected chi connectivity index (χ0v) is 7.58. The van der Waals surface area contributed by atoms with Crippen LogP contribution in [0.4, 0.5) is 0 Å². The Morgan fingerprint density at radius 1 is 1.31 bits per heavy atom. The lowest BCUT2D eigenvalue weighted by Gasteiger charge is -2.20. The van der Waals surface area contributed by atoms with Gasteiger partial charge in [0.25, 0.3) is 0 Å². The van der Waals surface area contributed by atoms with Crippen molar-refractivity contribution in [3.8, 4) is 11.5 Å². The first-order valence-electron chi connectivity index (χ1n) is 4.28. The van der Waals surface area contributed by atoms with E-state index in [4.69, 9.17) is 14.2 Å². The van der Waals surface area contributed by atoms with Crippen LogP contribution in [0.25, 0.3) is 0 Å². The van der Waals surface area contributed by atoms with Crippen LogP contribution in [0.3, 0.4) is 0 Å². The summed E-state index contributed by atoms with van der Waals surface area (Å²) in [7, 11) is 1.67. The molecule has 0 bridgehead atoms. The maximum atomic E-state index is 5.50. The molecule has 1 heterocycles. The van der Waals surface area contributed by atoms with Crippen LogP contribution >= 0.6 is 0 Å². The molecule has 0 fully saturated rings. The van der Waals surface area contributed by atoms with Gasteiger partial charge >= 0.3 is 0 Å². The van der Waals surface area contributed by atoms with Crippen LogP contribution in [0.2, 0.25) is 0 Å². The molecule has 1 aliphatic heterocycles. The summed E-state index contributed by atoms with van der Waals surface area (Å²) in [6.07, 6.45) is 0. The molecule has 0 spiro atoms. The third-order valence-corrected chi connectivity index (χ3v) is 1.95. The third kappa shape index (κ3) is 1.60. The summed E-state index contributed by atoms with van der Waals surface area (Å²) < 4.78 is 16.0. The molecule has 1 aromatic carbocycles. The molecule has 1 aromatic rings. The molecular weight excluding hydrogens is 168 g/mol. The average molecular weight is 180 g/mol. The zero-order valence-electron chi connectivity index (χ0n) is 7.58. The van der Waals surface area contributed by atoms with Crippen molar-refractivity contribution in [2.45, 2.75) is 6.61 Å². The van der Waals surface area contributed by atoms with Gasteiger partial charge in [-0.25, -0.2) is 0 Å². The predicted octanol–water partition coefficient (Wildman–Crippen LogP) is 1.60. The van der Waals surface area contributed by atoms with Crippen molar-refractivity contribution in [1.29, 1.82) is 0 Å². The Morgan fingerprint density at radius 2 is 2.15 bits per heavy atom. The Balaban J connectivity index is 2.34. The molecule has 0 radical (unpaired) electrons. The number of hydrogen-bond donors (Lipinski definition) is 0. The van der Waals surface area contributed by atoms with Gasteiger partial charge in [0, 0.05) is 12.7 Å². The van der Waals surface area contributed by atoms with Gasteiger partial charge in [-0.05, 0) is 6.07 Å². The second-order valence-corrected chi connectivity index (χ2v) is 2.87. The van der Waals surface area contributed by atoms with E-state index < -0.39 is 0 Å². The quantitative estimate of drug-likeness (QED) is 0.692. The number of ether oxygens (including phenoxy) is 3. The van der Waals surface area contributed by atoms with E-state index in [0.717, 1.165) is 17.1 Å². The minimum absolute atomic E-state index is 0.562. The van der Waals surface area contributed by atoms with Crippen LogP contribution in [0.5, 0.6) is 11.5 Å². The molecule has 3 nitrogen and oxygen atoms in total. The summed E-state index contributed by atoms with van der Waals surface area (Å²) in [6, 6.07) is 5.84. The van der Waals surface area contributed by atoms with Crippen molar-refractivity contribution >= 4 is 0 Å². The van der Waals surface area contributed by atoms with Gasteiger partial charge in [0.2, 0.25) is 0 Å². The second-order valence-electron chi connectivity index (χ2n) is 2.87. The molecule has 3 heteroatoms. The van der Waals surface area contributed by atoms with E-state index in [1.165, 1.54) is 0 Å². The van der Waals surface area contributed by atoms with Crippen LogP contribution in [0, 0.1) is 0 Å². The van der Waals surface area contributed by atoms with Gasteiger partial charge in [0.05, 0.1) is 6.61 Å². The fourth-order valence-electron chi connectivity index (χ4n) is 1.40. The van der Waals surface area contributed by atoms with Gasteiger partial charge in [-0.2, -0.15) is 0 Å². The first-order chi connectivity index (χ1) is 6.42. The van der Waals surface area contributed by atoms with Crippen LogP contribution in [0.1, 0.15) is 5.56 Å². The largest absolute Gasteiger partial charge is 0.486 e.